The Labute approximate surface area is 113 Å². The quantitative estimate of drug-likeness (QED) is 0.844. The second-order valence-electron chi connectivity index (χ2n) is 4.92. The normalized spacial score (nSPS) is 14.5. The van der Waals surface area contributed by atoms with E-state index in [4.69, 9.17) is 9.47 Å². The summed E-state index contributed by atoms with van der Waals surface area (Å²) in [7, 11) is 0. The molecule has 0 saturated carbocycles. The fraction of sp³-hybridized carbons (Fsp3) is 0.500. The van der Waals surface area contributed by atoms with Gasteiger partial charge in [0.1, 0.15) is 0 Å². The highest BCUT2D eigenvalue weighted by Crippen LogP contribution is 2.35. The molecule has 0 radical (unpaired) electrons. The van der Waals surface area contributed by atoms with E-state index in [1.807, 2.05) is 39.0 Å². The lowest BCUT2D eigenvalue weighted by atomic mass is 10.1. The maximum Gasteiger partial charge on any atom is 0.237 e. The molecule has 0 spiro atoms. The molecule has 1 aromatic carbocycles. The molecule has 2 N–H and O–H groups in total. The van der Waals surface area contributed by atoms with Gasteiger partial charge < -0.3 is 20.1 Å². The number of fused-ring (bicyclic) bond motifs is 1. The highest BCUT2D eigenvalue weighted by Gasteiger charge is 2.18. The van der Waals surface area contributed by atoms with Gasteiger partial charge in [0, 0.05) is 18.2 Å². The lowest BCUT2D eigenvalue weighted by molar-refractivity contribution is -0.123. The van der Waals surface area contributed by atoms with Crippen LogP contribution in [0.1, 0.15) is 26.3 Å². The number of rotatable bonds is 5. The lowest BCUT2D eigenvalue weighted by Crippen LogP contribution is -2.44. The minimum Gasteiger partial charge on any atom is -0.454 e. The molecule has 1 heterocycles. The van der Waals surface area contributed by atoms with Crippen molar-refractivity contribution in [3.05, 3.63) is 23.8 Å². The first kappa shape index (κ1) is 13.7. The highest BCUT2D eigenvalue weighted by atomic mass is 16.7. The van der Waals surface area contributed by atoms with Crippen LogP contribution in [0.3, 0.4) is 0 Å². The minimum absolute atomic E-state index is 0.000236. The standard InChI is InChI=1S/C14H20N2O3/c1-9(2)16-14(17)10(3)15-7-11-5-4-6-12-13(11)19-8-18-12/h4-6,9-10,15H,7-8H2,1-3H3,(H,16,17). The Morgan fingerprint density at radius 3 is 2.84 bits per heavy atom. The van der Waals surface area contributed by atoms with Gasteiger partial charge in [-0.15, -0.1) is 0 Å². The van der Waals surface area contributed by atoms with Crippen LogP contribution in [0.15, 0.2) is 18.2 Å². The first-order valence-electron chi connectivity index (χ1n) is 6.49. The Balaban J connectivity index is 1.92. The zero-order chi connectivity index (χ0) is 13.8. The fourth-order valence-electron chi connectivity index (χ4n) is 1.90. The molecular formula is C14H20N2O3. The van der Waals surface area contributed by atoms with E-state index >= 15 is 0 Å². The van der Waals surface area contributed by atoms with Crippen molar-refractivity contribution >= 4 is 5.91 Å². The number of carbonyl (C=O) groups is 1. The SMILES string of the molecule is CC(C)NC(=O)C(C)NCc1cccc2c1OCO2. The van der Waals surface area contributed by atoms with Gasteiger partial charge in [-0.25, -0.2) is 0 Å². The van der Waals surface area contributed by atoms with Crippen LogP contribution >= 0.6 is 0 Å². The molecule has 5 heteroatoms. The van der Waals surface area contributed by atoms with Crippen molar-refractivity contribution in [1.29, 1.82) is 0 Å². The number of hydrogen-bond acceptors (Lipinski definition) is 4. The van der Waals surface area contributed by atoms with Gasteiger partial charge in [0.25, 0.3) is 0 Å². The van der Waals surface area contributed by atoms with Crippen molar-refractivity contribution in [2.24, 2.45) is 0 Å². The van der Waals surface area contributed by atoms with Gasteiger partial charge in [-0.3, -0.25) is 4.79 Å². The van der Waals surface area contributed by atoms with Crippen molar-refractivity contribution in [3.63, 3.8) is 0 Å². The van der Waals surface area contributed by atoms with E-state index in [1.165, 1.54) is 0 Å². The molecule has 1 aliphatic heterocycles. The molecule has 2 rings (SSSR count). The molecule has 5 nitrogen and oxygen atoms in total. The van der Waals surface area contributed by atoms with Crippen molar-refractivity contribution in [2.75, 3.05) is 6.79 Å². The number of hydrogen-bond donors (Lipinski definition) is 2. The van der Waals surface area contributed by atoms with Crippen LogP contribution in [-0.4, -0.2) is 24.8 Å². The average Bonchev–Trinajstić information content (AvgIpc) is 2.83. The lowest BCUT2D eigenvalue weighted by Gasteiger charge is -2.16. The van der Waals surface area contributed by atoms with Crippen LogP contribution in [0.4, 0.5) is 0 Å². The first-order valence-corrected chi connectivity index (χ1v) is 6.49. The molecule has 1 aromatic rings. The summed E-state index contributed by atoms with van der Waals surface area (Å²) in [6.45, 7) is 6.56. The molecule has 1 aliphatic rings. The third-order valence-electron chi connectivity index (χ3n) is 2.90. The molecular weight excluding hydrogens is 244 g/mol. The van der Waals surface area contributed by atoms with E-state index in [1.54, 1.807) is 0 Å². The molecule has 0 fully saturated rings. The number of amides is 1. The predicted octanol–water partition coefficient (Wildman–Crippen LogP) is 1.42. The largest absolute Gasteiger partial charge is 0.454 e. The summed E-state index contributed by atoms with van der Waals surface area (Å²) < 4.78 is 10.7. The van der Waals surface area contributed by atoms with Crippen molar-refractivity contribution in [3.8, 4) is 11.5 Å². The molecule has 1 atom stereocenters. The van der Waals surface area contributed by atoms with Gasteiger partial charge in [-0.2, -0.15) is 0 Å². The predicted molar refractivity (Wildman–Crippen MR) is 72.1 cm³/mol. The number of nitrogens with one attached hydrogen (secondary N) is 2. The highest BCUT2D eigenvalue weighted by molar-refractivity contribution is 5.81. The average molecular weight is 264 g/mol. The number of benzene rings is 1. The van der Waals surface area contributed by atoms with Crippen LogP contribution in [0.25, 0.3) is 0 Å². The summed E-state index contributed by atoms with van der Waals surface area (Å²) in [5.41, 5.74) is 0.999. The van der Waals surface area contributed by atoms with E-state index in [0.29, 0.717) is 6.54 Å². The second-order valence-corrected chi connectivity index (χ2v) is 4.92. The number of carbonyl (C=O) groups excluding carboxylic acids is 1. The summed E-state index contributed by atoms with van der Waals surface area (Å²) in [6.07, 6.45) is 0. The molecule has 0 aromatic heterocycles. The molecule has 0 saturated heterocycles. The van der Waals surface area contributed by atoms with Gasteiger partial charge in [0.2, 0.25) is 12.7 Å². The fourth-order valence-corrected chi connectivity index (χ4v) is 1.90. The Hall–Kier alpha value is -1.75. The molecule has 104 valence electrons. The van der Waals surface area contributed by atoms with Crippen LogP contribution in [0.5, 0.6) is 11.5 Å². The molecule has 0 aliphatic carbocycles. The smallest absolute Gasteiger partial charge is 0.237 e. The topological polar surface area (TPSA) is 59.6 Å². The Kier molecular flexibility index (Phi) is 4.27. The van der Waals surface area contributed by atoms with Gasteiger partial charge in [-0.1, -0.05) is 12.1 Å². The maximum atomic E-state index is 11.8. The summed E-state index contributed by atoms with van der Waals surface area (Å²) >= 11 is 0. The van der Waals surface area contributed by atoms with Gasteiger partial charge >= 0.3 is 0 Å². The summed E-state index contributed by atoms with van der Waals surface area (Å²) in [5.74, 6) is 1.53. The van der Waals surface area contributed by atoms with Crippen molar-refractivity contribution < 1.29 is 14.3 Å². The van der Waals surface area contributed by atoms with Crippen LogP contribution in [0, 0.1) is 0 Å². The Morgan fingerprint density at radius 1 is 1.32 bits per heavy atom. The summed E-state index contributed by atoms with van der Waals surface area (Å²) in [4.78, 5) is 11.8. The van der Waals surface area contributed by atoms with E-state index in [-0.39, 0.29) is 24.8 Å². The Morgan fingerprint density at radius 2 is 2.11 bits per heavy atom. The zero-order valence-electron chi connectivity index (χ0n) is 11.5. The van der Waals surface area contributed by atoms with E-state index < -0.39 is 0 Å². The van der Waals surface area contributed by atoms with Crippen LogP contribution in [-0.2, 0) is 11.3 Å². The third-order valence-corrected chi connectivity index (χ3v) is 2.90. The molecule has 0 bridgehead atoms. The van der Waals surface area contributed by atoms with Gasteiger partial charge in [-0.05, 0) is 26.8 Å². The maximum absolute atomic E-state index is 11.8. The summed E-state index contributed by atoms with van der Waals surface area (Å²) in [6, 6.07) is 5.66. The van der Waals surface area contributed by atoms with Crippen LogP contribution < -0.4 is 20.1 Å². The van der Waals surface area contributed by atoms with Gasteiger partial charge in [0.15, 0.2) is 11.5 Å². The first-order chi connectivity index (χ1) is 9.08. The van der Waals surface area contributed by atoms with Crippen molar-refractivity contribution in [2.45, 2.75) is 39.4 Å². The summed E-state index contributed by atoms with van der Waals surface area (Å²) in [5, 5.41) is 6.06. The number of ether oxygens (including phenoxy) is 2. The second kappa shape index (κ2) is 5.93. The van der Waals surface area contributed by atoms with E-state index in [9.17, 15) is 4.79 Å². The van der Waals surface area contributed by atoms with Gasteiger partial charge in [0.05, 0.1) is 6.04 Å². The molecule has 19 heavy (non-hydrogen) atoms. The Bertz CT molecular complexity index is 460. The zero-order valence-corrected chi connectivity index (χ0v) is 11.5. The van der Waals surface area contributed by atoms with E-state index in [2.05, 4.69) is 10.6 Å². The monoisotopic (exact) mass is 264 g/mol. The molecule has 1 unspecified atom stereocenters. The van der Waals surface area contributed by atoms with E-state index in [0.717, 1.165) is 17.1 Å². The minimum atomic E-state index is -0.249. The molecule has 1 amide bonds. The van der Waals surface area contributed by atoms with Crippen LogP contribution in [0.2, 0.25) is 0 Å². The van der Waals surface area contributed by atoms with Crippen molar-refractivity contribution in [1.82, 2.24) is 10.6 Å². The third kappa shape index (κ3) is 3.38. The number of para-hydroxylation sites is 1.